The first-order chi connectivity index (χ1) is 8.52. The van der Waals surface area contributed by atoms with E-state index in [1.807, 2.05) is 43.9 Å². The van der Waals surface area contributed by atoms with Crippen LogP contribution in [0.25, 0.3) is 6.08 Å². The molecule has 1 unspecified atom stereocenters. The predicted octanol–water partition coefficient (Wildman–Crippen LogP) is 2.86. The lowest BCUT2D eigenvalue weighted by Crippen LogP contribution is -2.36. The molecule has 0 saturated carbocycles. The van der Waals surface area contributed by atoms with E-state index >= 15 is 0 Å². The van der Waals surface area contributed by atoms with Crippen LogP contribution in [-0.2, 0) is 11.8 Å². The number of hydrogen-bond donors (Lipinski definition) is 0. The molecule has 2 amide bonds. The summed E-state index contributed by atoms with van der Waals surface area (Å²) < 4.78 is 1.91. The van der Waals surface area contributed by atoms with Crippen LogP contribution in [-0.4, -0.2) is 26.7 Å². The Morgan fingerprint density at radius 3 is 2.72 bits per heavy atom. The molecule has 2 heterocycles. The van der Waals surface area contributed by atoms with Crippen LogP contribution in [0, 0.1) is 0 Å². The van der Waals surface area contributed by atoms with Gasteiger partial charge in [0.25, 0.3) is 11.1 Å². The van der Waals surface area contributed by atoms with Crippen LogP contribution in [0.4, 0.5) is 4.79 Å². The smallest absolute Gasteiger partial charge is 0.293 e. The van der Waals surface area contributed by atoms with Crippen molar-refractivity contribution in [1.82, 2.24) is 9.47 Å². The van der Waals surface area contributed by atoms with Crippen molar-refractivity contribution in [2.75, 3.05) is 0 Å². The zero-order chi connectivity index (χ0) is 13.3. The Morgan fingerprint density at radius 1 is 1.44 bits per heavy atom. The second kappa shape index (κ2) is 5.02. The molecular formula is C13H16N2O2S. The number of rotatable bonds is 3. The van der Waals surface area contributed by atoms with Crippen molar-refractivity contribution < 1.29 is 9.59 Å². The SMILES string of the molecule is CCC(C)N1C(=O)S/C(=C\c2ccn(C)c2)C1=O. The van der Waals surface area contributed by atoms with Gasteiger partial charge in [-0.25, -0.2) is 0 Å². The molecule has 1 aromatic heterocycles. The van der Waals surface area contributed by atoms with Crippen molar-refractivity contribution in [2.24, 2.45) is 7.05 Å². The monoisotopic (exact) mass is 264 g/mol. The molecule has 0 N–H and O–H groups in total. The van der Waals surface area contributed by atoms with Crippen LogP contribution < -0.4 is 0 Å². The van der Waals surface area contributed by atoms with Gasteiger partial charge < -0.3 is 4.57 Å². The molecule has 1 aliphatic rings. The highest BCUT2D eigenvalue weighted by atomic mass is 32.2. The maximum atomic E-state index is 12.1. The molecule has 1 saturated heterocycles. The number of imide groups is 1. The molecule has 1 aliphatic heterocycles. The molecule has 1 aromatic rings. The van der Waals surface area contributed by atoms with Crippen molar-refractivity contribution >= 4 is 29.0 Å². The van der Waals surface area contributed by atoms with E-state index in [1.165, 1.54) is 4.90 Å². The first-order valence-electron chi connectivity index (χ1n) is 5.92. The lowest BCUT2D eigenvalue weighted by atomic mass is 10.2. The van der Waals surface area contributed by atoms with E-state index in [0.717, 1.165) is 23.7 Å². The van der Waals surface area contributed by atoms with Crippen LogP contribution in [0.5, 0.6) is 0 Å². The van der Waals surface area contributed by atoms with Gasteiger partial charge in [-0.1, -0.05) is 6.92 Å². The van der Waals surface area contributed by atoms with Crippen LogP contribution >= 0.6 is 11.8 Å². The zero-order valence-electron chi connectivity index (χ0n) is 10.7. The fourth-order valence-electron chi connectivity index (χ4n) is 1.80. The van der Waals surface area contributed by atoms with Gasteiger partial charge in [-0.05, 0) is 42.8 Å². The quantitative estimate of drug-likeness (QED) is 0.788. The van der Waals surface area contributed by atoms with Crippen LogP contribution in [0.1, 0.15) is 25.8 Å². The van der Waals surface area contributed by atoms with Crippen molar-refractivity contribution in [3.8, 4) is 0 Å². The van der Waals surface area contributed by atoms with Crippen molar-refractivity contribution in [3.05, 3.63) is 28.9 Å². The number of aryl methyl sites for hydroxylation is 1. The van der Waals surface area contributed by atoms with E-state index in [-0.39, 0.29) is 17.2 Å². The summed E-state index contributed by atoms with van der Waals surface area (Å²) in [6.45, 7) is 3.86. The van der Waals surface area contributed by atoms with Gasteiger partial charge in [-0.2, -0.15) is 0 Å². The maximum absolute atomic E-state index is 12.1. The Bertz CT molecular complexity index is 519. The van der Waals surface area contributed by atoms with Gasteiger partial charge in [-0.15, -0.1) is 0 Å². The van der Waals surface area contributed by atoms with Crippen LogP contribution in [0.2, 0.25) is 0 Å². The average Bonchev–Trinajstić information content (AvgIpc) is 2.84. The summed E-state index contributed by atoms with van der Waals surface area (Å²) in [4.78, 5) is 25.8. The number of aromatic nitrogens is 1. The van der Waals surface area contributed by atoms with Crippen molar-refractivity contribution in [2.45, 2.75) is 26.3 Å². The number of hydrogen-bond acceptors (Lipinski definition) is 3. The lowest BCUT2D eigenvalue weighted by molar-refractivity contribution is -0.124. The fourth-order valence-corrected chi connectivity index (χ4v) is 2.73. The summed E-state index contributed by atoms with van der Waals surface area (Å²) in [6.07, 6.45) is 6.37. The van der Waals surface area contributed by atoms with Gasteiger partial charge in [0, 0.05) is 25.5 Å². The third kappa shape index (κ3) is 2.36. The topological polar surface area (TPSA) is 42.3 Å². The van der Waals surface area contributed by atoms with E-state index in [2.05, 4.69) is 0 Å². The second-order valence-corrected chi connectivity index (χ2v) is 5.41. The summed E-state index contributed by atoms with van der Waals surface area (Å²) in [5.74, 6) is -0.178. The molecule has 18 heavy (non-hydrogen) atoms. The second-order valence-electron chi connectivity index (χ2n) is 4.42. The largest absolute Gasteiger partial charge is 0.357 e. The molecule has 0 aromatic carbocycles. The molecule has 5 heteroatoms. The molecule has 0 aliphatic carbocycles. The Labute approximate surface area is 111 Å². The first kappa shape index (κ1) is 13.0. The Balaban J connectivity index is 2.25. The Kier molecular flexibility index (Phi) is 3.61. The first-order valence-corrected chi connectivity index (χ1v) is 6.73. The zero-order valence-corrected chi connectivity index (χ0v) is 11.5. The third-order valence-electron chi connectivity index (χ3n) is 3.01. The summed E-state index contributed by atoms with van der Waals surface area (Å²) in [5, 5.41) is -0.170. The highest BCUT2D eigenvalue weighted by molar-refractivity contribution is 8.18. The third-order valence-corrected chi connectivity index (χ3v) is 3.89. The van der Waals surface area contributed by atoms with Gasteiger partial charge in [0.05, 0.1) is 4.91 Å². The van der Waals surface area contributed by atoms with E-state index < -0.39 is 0 Å². The van der Waals surface area contributed by atoms with Crippen LogP contribution in [0.3, 0.4) is 0 Å². The number of carbonyl (C=O) groups is 2. The predicted molar refractivity (Wildman–Crippen MR) is 73.0 cm³/mol. The average molecular weight is 264 g/mol. The van der Waals surface area contributed by atoms with E-state index in [9.17, 15) is 9.59 Å². The standard InChI is InChI=1S/C13H16N2O2S/c1-4-9(2)15-12(16)11(18-13(15)17)7-10-5-6-14(3)8-10/h5-9H,4H2,1-3H3/b11-7-. The number of thioether (sulfide) groups is 1. The van der Waals surface area contributed by atoms with E-state index in [1.54, 1.807) is 6.08 Å². The molecule has 0 bridgehead atoms. The van der Waals surface area contributed by atoms with Gasteiger partial charge in [0.2, 0.25) is 0 Å². The number of amides is 2. The summed E-state index contributed by atoms with van der Waals surface area (Å²) in [5.41, 5.74) is 0.937. The van der Waals surface area contributed by atoms with Gasteiger partial charge in [-0.3, -0.25) is 14.5 Å². The normalized spacial score (nSPS) is 19.9. The van der Waals surface area contributed by atoms with Crippen LogP contribution in [0.15, 0.2) is 23.4 Å². The highest BCUT2D eigenvalue weighted by Crippen LogP contribution is 2.34. The minimum atomic E-state index is -0.178. The summed E-state index contributed by atoms with van der Waals surface area (Å²) in [6, 6.07) is 1.87. The lowest BCUT2D eigenvalue weighted by Gasteiger charge is -2.19. The Morgan fingerprint density at radius 2 is 2.17 bits per heavy atom. The highest BCUT2D eigenvalue weighted by Gasteiger charge is 2.37. The van der Waals surface area contributed by atoms with Gasteiger partial charge in [0.1, 0.15) is 0 Å². The molecule has 1 atom stereocenters. The molecule has 0 radical (unpaired) electrons. The minimum absolute atomic E-state index is 0.0424. The molecule has 0 spiro atoms. The molecule has 4 nitrogen and oxygen atoms in total. The van der Waals surface area contributed by atoms with Gasteiger partial charge >= 0.3 is 0 Å². The number of carbonyl (C=O) groups excluding carboxylic acids is 2. The van der Waals surface area contributed by atoms with E-state index in [4.69, 9.17) is 0 Å². The van der Waals surface area contributed by atoms with Crippen molar-refractivity contribution in [3.63, 3.8) is 0 Å². The molecule has 2 rings (SSSR count). The van der Waals surface area contributed by atoms with E-state index in [0.29, 0.717) is 4.91 Å². The summed E-state index contributed by atoms with van der Waals surface area (Å²) >= 11 is 1.02. The molecule has 1 fully saturated rings. The number of nitrogens with zero attached hydrogens (tertiary/aromatic N) is 2. The fraction of sp³-hybridized carbons (Fsp3) is 0.385. The molecule has 96 valence electrons. The van der Waals surface area contributed by atoms with Gasteiger partial charge in [0.15, 0.2) is 0 Å². The summed E-state index contributed by atoms with van der Waals surface area (Å²) in [7, 11) is 1.92. The maximum Gasteiger partial charge on any atom is 0.293 e. The Hall–Kier alpha value is -1.49. The van der Waals surface area contributed by atoms with Crippen molar-refractivity contribution in [1.29, 1.82) is 0 Å². The minimum Gasteiger partial charge on any atom is -0.357 e. The molecular weight excluding hydrogens is 248 g/mol.